The molecule has 2 unspecified atom stereocenters. The number of carboxylic acids is 1. The molecule has 0 aliphatic carbocycles. The molecule has 0 spiro atoms. The largest absolute Gasteiger partial charge is 0.480 e. The minimum atomic E-state index is -0.796. The number of rotatable bonds is 6. The van der Waals surface area contributed by atoms with Crippen LogP contribution in [0.15, 0.2) is 0 Å². The highest BCUT2D eigenvalue weighted by Gasteiger charge is 2.32. The van der Waals surface area contributed by atoms with Gasteiger partial charge in [0, 0.05) is 12.6 Å². The summed E-state index contributed by atoms with van der Waals surface area (Å²) in [5.74, 6) is -0.759. The van der Waals surface area contributed by atoms with Gasteiger partial charge in [0.1, 0.15) is 5.54 Å². The third kappa shape index (κ3) is 3.68. The number of likely N-dealkylation sites (N-methyl/N-ethyl adjacent to an activating group) is 1. The van der Waals surface area contributed by atoms with Gasteiger partial charge in [-0.15, -0.1) is 0 Å². The van der Waals surface area contributed by atoms with Gasteiger partial charge in [-0.25, -0.2) is 0 Å². The maximum absolute atomic E-state index is 11.2. The van der Waals surface area contributed by atoms with Gasteiger partial charge in [-0.05, 0) is 46.2 Å². The van der Waals surface area contributed by atoms with Crippen molar-refractivity contribution in [3.63, 3.8) is 0 Å². The molecule has 0 amide bonds. The second kappa shape index (κ2) is 6.36. The number of nitrogens with zero attached hydrogens (tertiary/aromatic N) is 1. The van der Waals surface area contributed by atoms with Crippen LogP contribution in [0.4, 0.5) is 0 Å². The lowest BCUT2D eigenvalue weighted by molar-refractivity contribution is -0.144. The highest BCUT2D eigenvalue weighted by Crippen LogP contribution is 2.21. The van der Waals surface area contributed by atoms with Crippen LogP contribution in [-0.2, 0) is 4.79 Å². The molecule has 1 fully saturated rings. The summed E-state index contributed by atoms with van der Waals surface area (Å²) < 4.78 is 0. The summed E-state index contributed by atoms with van der Waals surface area (Å²) in [6, 6.07) is 0.652. The number of aliphatic carboxylic acids is 1. The van der Waals surface area contributed by atoms with E-state index in [0.29, 0.717) is 12.5 Å². The van der Waals surface area contributed by atoms with Crippen molar-refractivity contribution in [2.24, 2.45) is 0 Å². The smallest absolute Gasteiger partial charge is 0.323 e. The summed E-state index contributed by atoms with van der Waals surface area (Å²) in [6.45, 7) is 5.98. The van der Waals surface area contributed by atoms with Crippen LogP contribution in [0, 0.1) is 0 Å². The molecule has 0 aromatic heterocycles. The molecule has 0 bridgehead atoms. The van der Waals surface area contributed by atoms with Gasteiger partial charge in [0.25, 0.3) is 0 Å². The van der Waals surface area contributed by atoms with E-state index in [2.05, 4.69) is 17.1 Å². The summed E-state index contributed by atoms with van der Waals surface area (Å²) in [6.07, 6.45) is 5.66. The minimum absolute atomic E-state index is 0.652. The minimum Gasteiger partial charge on any atom is -0.480 e. The van der Waals surface area contributed by atoms with E-state index >= 15 is 0 Å². The van der Waals surface area contributed by atoms with Crippen LogP contribution in [-0.4, -0.2) is 47.7 Å². The molecule has 100 valence electrons. The van der Waals surface area contributed by atoms with Crippen LogP contribution in [0.2, 0.25) is 0 Å². The van der Waals surface area contributed by atoms with E-state index in [1.54, 1.807) is 14.0 Å². The fraction of sp³-hybridized carbons (Fsp3) is 0.923. The van der Waals surface area contributed by atoms with Gasteiger partial charge >= 0.3 is 5.97 Å². The molecule has 1 heterocycles. The van der Waals surface area contributed by atoms with E-state index in [0.717, 1.165) is 13.1 Å². The first-order chi connectivity index (χ1) is 8.03. The molecule has 1 aliphatic heterocycles. The van der Waals surface area contributed by atoms with E-state index in [1.165, 1.54) is 25.7 Å². The third-order valence-corrected chi connectivity index (χ3v) is 4.14. The first kappa shape index (κ1) is 14.5. The van der Waals surface area contributed by atoms with E-state index in [1.807, 2.05) is 0 Å². The van der Waals surface area contributed by atoms with Crippen LogP contribution in [0.3, 0.4) is 0 Å². The second-order valence-electron chi connectivity index (χ2n) is 5.23. The SMILES string of the molecule is CCC1CCCCN1CCC(C)(NC)C(=O)O. The Bertz CT molecular complexity index is 258. The Labute approximate surface area is 104 Å². The number of hydrogen-bond donors (Lipinski definition) is 2. The van der Waals surface area contributed by atoms with E-state index in [4.69, 9.17) is 0 Å². The van der Waals surface area contributed by atoms with Crippen molar-refractivity contribution in [3.05, 3.63) is 0 Å². The number of carboxylic acid groups (broad SMARTS) is 1. The second-order valence-corrected chi connectivity index (χ2v) is 5.23. The molecule has 2 atom stereocenters. The first-order valence-corrected chi connectivity index (χ1v) is 6.70. The molecular weight excluding hydrogens is 216 g/mol. The Balaban J connectivity index is 2.50. The van der Waals surface area contributed by atoms with Gasteiger partial charge in [0.15, 0.2) is 0 Å². The quantitative estimate of drug-likeness (QED) is 0.744. The Morgan fingerprint density at radius 3 is 2.76 bits per heavy atom. The molecule has 1 saturated heterocycles. The highest BCUT2D eigenvalue weighted by atomic mass is 16.4. The number of piperidine rings is 1. The fourth-order valence-corrected chi connectivity index (χ4v) is 2.52. The molecule has 1 rings (SSSR count). The average molecular weight is 242 g/mol. The molecule has 1 aliphatic rings. The van der Waals surface area contributed by atoms with Gasteiger partial charge in [-0.3, -0.25) is 4.79 Å². The standard InChI is InChI=1S/C13H26N2O2/c1-4-11-7-5-6-9-15(11)10-8-13(2,14-3)12(16)17/h11,14H,4-10H2,1-3H3,(H,16,17). The van der Waals surface area contributed by atoms with Crippen molar-refractivity contribution in [2.75, 3.05) is 20.1 Å². The van der Waals surface area contributed by atoms with E-state index in [9.17, 15) is 9.90 Å². The molecule has 0 radical (unpaired) electrons. The summed E-state index contributed by atoms with van der Waals surface area (Å²) in [5.41, 5.74) is -0.796. The fourth-order valence-electron chi connectivity index (χ4n) is 2.52. The van der Waals surface area contributed by atoms with Crippen molar-refractivity contribution < 1.29 is 9.90 Å². The highest BCUT2D eigenvalue weighted by molar-refractivity contribution is 5.78. The zero-order valence-corrected chi connectivity index (χ0v) is 11.3. The monoisotopic (exact) mass is 242 g/mol. The molecule has 2 N–H and O–H groups in total. The van der Waals surface area contributed by atoms with Crippen LogP contribution < -0.4 is 5.32 Å². The van der Waals surface area contributed by atoms with Gasteiger partial charge in [0.05, 0.1) is 0 Å². The third-order valence-electron chi connectivity index (χ3n) is 4.14. The van der Waals surface area contributed by atoms with Gasteiger partial charge in [-0.1, -0.05) is 13.3 Å². The van der Waals surface area contributed by atoms with Gasteiger partial charge < -0.3 is 15.3 Å². The van der Waals surface area contributed by atoms with Gasteiger partial charge in [0.2, 0.25) is 0 Å². The van der Waals surface area contributed by atoms with Gasteiger partial charge in [-0.2, -0.15) is 0 Å². The lowest BCUT2D eigenvalue weighted by Crippen LogP contribution is -2.51. The van der Waals surface area contributed by atoms with Crippen LogP contribution in [0.5, 0.6) is 0 Å². The zero-order valence-electron chi connectivity index (χ0n) is 11.3. The molecule has 4 nitrogen and oxygen atoms in total. The maximum atomic E-state index is 11.2. The van der Waals surface area contributed by atoms with Crippen LogP contribution >= 0.6 is 0 Å². The van der Waals surface area contributed by atoms with Crippen LogP contribution in [0.25, 0.3) is 0 Å². The topological polar surface area (TPSA) is 52.6 Å². The number of likely N-dealkylation sites (tertiary alicyclic amines) is 1. The molecule has 0 aromatic carbocycles. The lowest BCUT2D eigenvalue weighted by Gasteiger charge is -2.37. The first-order valence-electron chi connectivity index (χ1n) is 6.70. The predicted molar refractivity (Wildman–Crippen MR) is 69.2 cm³/mol. The summed E-state index contributed by atoms with van der Waals surface area (Å²) in [5, 5.41) is 12.1. The maximum Gasteiger partial charge on any atom is 0.323 e. The van der Waals surface area contributed by atoms with Crippen molar-refractivity contribution in [1.29, 1.82) is 0 Å². The number of hydrogen-bond acceptors (Lipinski definition) is 3. The number of nitrogens with one attached hydrogen (secondary N) is 1. The number of carbonyl (C=O) groups is 1. The predicted octanol–water partition coefficient (Wildman–Crippen LogP) is 1.70. The van der Waals surface area contributed by atoms with Crippen molar-refractivity contribution in [3.8, 4) is 0 Å². The van der Waals surface area contributed by atoms with Crippen molar-refractivity contribution in [1.82, 2.24) is 10.2 Å². The average Bonchev–Trinajstić information content (AvgIpc) is 2.36. The lowest BCUT2D eigenvalue weighted by atomic mass is 9.95. The summed E-state index contributed by atoms with van der Waals surface area (Å²) in [4.78, 5) is 13.7. The zero-order chi connectivity index (χ0) is 12.9. The van der Waals surface area contributed by atoms with E-state index < -0.39 is 11.5 Å². The van der Waals surface area contributed by atoms with Crippen LogP contribution in [0.1, 0.15) is 46.0 Å². The molecule has 4 heteroatoms. The molecular formula is C13H26N2O2. The Hall–Kier alpha value is -0.610. The molecule has 17 heavy (non-hydrogen) atoms. The van der Waals surface area contributed by atoms with E-state index in [-0.39, 0.29) is 0 Å². The Morgan fingerprint density at radius 2 is 2.24 bits per heavy atom. The Morgan fingerprint density at radius 1 is 1.53 bits per heavy atom. The van der Waals surface area contributed by atoms with Crippen molar-refractivity contribution >= 4 is 5.97 Å². The summed E-state index contributed by atoms with van der Waals surface area (Å²) in [7, 11) is 1.72. The van der Waals surface area contributed by atoms with Crippen molar-refractivity contribution in [2.45, 2.75) is 57.5 Å². The normalized spacial score (nSPS) is 25.5. The summed E-state index contributed by atoms with van der Waals surface area (Å²) >= 11 is 0. The molecule has 0 saturated carbocycles. The molecule has 0 aromatic rings. The Kier molecular flexibility index (Phi) is 5.40.